The van der Waals surface area contributed by atoms with E-state index in [1.165, 1.54) is 0 Å². The van der Waals surface area contributed by atoms with E-state index < -0.39 is 0 Å². The molecule has 0 fully saturated rings. The Morgan fingerprint density at radius 1 is 1.17 bits per heavy atom. The van der Waals surface area contributed by atoms with Crippen molar-refractivity contribution in [3.8, 4) is 5.69 Å². The van der Waals surface area contributed by atoms with Gasteiger partial charge in [0.25, 0.3) is 5.91 Å². The van der Waals surface area contributed by atoms with Gasteiger partial charge < -0.3 is 5.32 Å². The first-order valence-corrected chi connectivity index (χ1v) is 8.38. The summed E-state index contributed by atoms with van der Waals surface area (Å²) in [6.07, 6.45) is 3.64. The molecular formula is C18H16IN3O. The van der Waals surface area contributed by atoms with Gasteiger partial charge in [-0.05, 0) is 65.4 Å². The van der Waals surface area contributed by atoms with Gasteiger partial charge >= 0.3 is 0 Å². The zero-order valence-electron chi connectivity index (χ0n) is 12.6. The number of amides is 1. The largest absolute Gasteiger partial charge is 0.345 e. The van der Waals surface area contributed by atoms with Crippen molar-refractivity contribution in [3.63, 3.8) is 0 Å². The Bertz CT molecular complexity index is 815. The molecule has 0 aliphatic rings. The quantitative estimate of drug-likeness (QED) is 0.654. The molecule has 0 aliphatic carbocycles. The molecule has 0 aliphatic heterocycles. The van der Waals surface area contributed by atoms with E-state index in [1.54, 1.807) is 10.9 Å². The number of benzene rings is 2. The molecule has 1 amide bonds. The lowest BCUT2D eigenvalue weighted by atomic mass is 10.1. The molecule has 1 N–H and O–H groups in total. The molecule has 3 rings (SSSR count). The number of carbonyl (C=O) groups is 1. The van der Waals surface area contributed by atoms with Crippen LogP contribution < -0.4 is 5.32 Å². The molecule has 4 nitrogen and oxygen atoms in total. The van der Waals surface area contributed by atoms with Crippen molar-refractivity contribution in [2.24, 2.45) is 0 Å². The lowest BCUT2D eigenvalue weighted by Crippen LogP contribution is -2.27. The minimum Gasteiger partial charge on any atom is -0.345 e. The van der Waals surface area contributed by atoms with Crippen molar-refractivity contribution in [1.82, 2.24) is 15.1 Å². The molecule has 3 aromatic rings. The number of nitrogens with zero attached hydrogens (tertiary/aromatic N) is 2. The van der Waals surface area contributed by atoms with Crippen LogP contribution in [-0.2, 0) is 0 Å². The Kier molecular flexibility index (Phi) is 4.76. The van der Waals surface area contributed by atoms with Crippen LogP contribution in [0.25, 0.3) is 5.69 Å². The first-order valence-electron chi connectivity index (χ1n) is 7.30. The average molecular weight is 417 g/mol. The number of halogens is 1. The molecule has 1 aromatic heterocycles. The van der Waals surface area contributed by atoms with E-state index in [9.17, 15) is 4.79 Å². The van der Waals surface area contributed by atoms with Crippen LogP contribution >= 0.6 is 22.6 Å². The third-order valence-corrected chi connectivity index (χ3v) is 4.55. The third kappa shape index (κ3) is 3.61. The van der Waals surface area contributed by atoms with Gasteiger partial charge in [0.15, 0.2) is 0 Å². The molecule has 5 heteroatoms. The lowest BCUT2D eigenvalue weighted by molar-refractivity contribution is 0.0939. The number of hydrogen-bond donors (Lipinski definition) is 1. The molecule has 116 valence electrons. The van der Waals surface area contributed by atoms with Gasteiger partial charge in [-0.25, -0.2) is 4.68 Å². The standard InChI is InChI=1S/C18H16IN3O/c1-13(21-18(23)16-8-2-3-9-17(16)19)14-6-4-7-15(12-14)22-11-5-10-20-22/h2-13H,1H3,(H,21,23)/t13-/m1/s1. The minimum atomic E-state index is -0.0889. The highest BCUT2D eigenvalue weighted by Gasteiger charge is 2.14. The Morgan fingerprint density at radius 3 is 2.74 bits per heavy atom. The summed E-state index contributed by atoms with van der Waals surface area (Å²) in [6.45, 7) is 1.98. The van der Waals surface area contributed by atoms with Crippen LogP contribution in [0.3, 0.4) is 0 Å². The van der Waals surface area contributed by atoms with E-state index in [-0.39, 0.29) is 11.9 Å². The second-order valence-electron chi connectivity index (χ2n) is 5.22. The second kappa shape index (κ2) is 6.95. The number of carbonyl (C=O) groups excluding carboxylic acids is 1. The summed E-state index contributed by atoms with van der Waals surface area (Å²) in [5.74, 6) is -0.0630. The molecule has 0 radical (unpaired) electrons. The Balaban J connectivity index is 1.79. The van der Waals surface area contributed by atoms with Crippen LogP contribution in [0, 0.1) is 3.57 Å². The monoisotopic (exact) mass is 417 g/mol. The van der Waals surface area contributed by atoms with Crippen LogP contribution in [0.2, 0.25) is 0 Å². The van der Waals surface area contributed by atoms with Crippen LogP contribution in [0.5, 0.6) is 0 Å². The highest BCUT2D eigenvalue weighted by atomic mass is 127. The van der Waals surface area contributed by atoms with Crippen molar-refractivity contribution >= 4 is 28.5 Å². The fraction of sp³-hybridized carbons (Fsp3) is 0.111. The molecule has 23 heavy (non-hydrogen) atoms. The zero-order valence-corrected chi connectivity index (χ0v) is 14.8. The first kappa shape index (κ1) is 15.7. The SMILES string of the molecule is C[C@@H](NC(=O)c1ccccc1I)c1cccc(-n2cccn2)c1. The van der Waals surface area contributed by atoms with Crippen LogP contribution in [0.15, 0.2) is 67.0 Å². The van der Waals surface area contributed by atoms with Gasteiger partial charge in [0.2, 0.25) is 0 Å². The molecule has 1 heterocycles. The summed E-state index contributed by atoms with van der Waals surface area (Å²) < 4.78 is 2.75. The average Bonchev–Trinajstić information content (AvgIpc) is 3.10. The van der Waals surface area contributed by atoms with Gasteiger partial charge in [0, 0.05) is 16.0 Å². The molecule has 0 spiro atoms. The van der Waals surface area contributed by atoms with E-state index in [4.69, 9.17) is 0 Å². The summed E-state index contributed by atoms with van der Waals surface area (Å²) >= 11 is 2.18. The Morgan fingerprint density at radius 2 is 2.00 bits per heavy atom. The first-order chi connectivity index (χ1) is 11.1. The van der Waals surface area contributed by atoms with Crippen molar-refractivity contribution in [1.29, 1.82) is 0 Å². The summed E-state index contributed by atoms with van der Waals surface area (Å²) in [5, 5.41) is 7.29. The van der Waals surface area contributed by atoms with Crippen LogP contribution in [0.1, 0.15) is 28.9 Å². The van der Waals surface area contributed by atoms with Gasteiger partial charge in [0.05, 0.1) is 17.3 Å². The fourth-order valence-corrected chi connectivity index (χ4v) is 2.99. The van der Waals surface area contributed by atoms with E-state index in [0.717, 1.165) is 14.8 Å². The fourth-order valence-electron chi connectivity index (χ4n) is 2.36. The zero-order chi connectivity index (χ0) is 16.2. The number of rotatable bonds is 4. The number of nitrogens with one attached hydrogen (secondary N) is 1. The van der Waals surface area contributed by atoms with Crippen molar-refractivity contribution in [2.75, 3.05) is 0 Å². The van der Waals surface area contributed by atoms with Gasteiger partial charge in [0.1, 0.15) is 0 Å². The predicted octanol–water partition coefficient (Wildman–Crippen LogP) is 3.97. The van der Waals surface area contributed by atoms with Crippen LogP contribution in [-0.4, -0.2) is 15.7 Å². The van der Waals surface area contributed by atoms with Gasteiger partial charge in [-0.1, -0.05) is 24.3 Å². The normalized spacial score (nSPS) is 11.9. The van der Waals surface area contributed by atoms with Crippen molar-refractivity contribution in [3.05, 3.63) is 81.7 Å². The summed E-state index contributed by atoms with van der Waals surface area (Å²) in [5.41, 5.74) is 2.71. The Hall–Kier alpha value is -2.15. The van der Waals surface area contributed by atoms with Gasteiger partial charge in [-0.2, -0.15) is 5.10 Å². The maximum Gasteiger partial charge on any atom is 0.252 e. The highest BCUT2D eigenvalue weighted by molar-refractivity contribution is 14.1. The summed E-state index contributed by atoms with van der Waals surface area (Å²) in [7, 11) is 0. The second-order valence-corrected chi connectivity index (χ2v) is 6.38. The van der Waals surface area contributed by atoms with Gasteiger partial charge in [-0.3, -0.25) is 4.79 Å². The number of aromatic nitrogens is 2. The molecule has 0 saturated heterocycles. The topological polar surface area (TPSA) is 46.9 Å². The molecule has 1 atom stereocenters. The maximum atomic E-state index is 12.4. The molecule has 0 bridgehead atoms. The Labute approximate surface area is 148 Å². The molecular weight excluding hydrogens is 401 g/mol. The minimum absolute atomic E-state index is 0.0630. The van der Waals surface area contributed by atoms with Crippen molar-refractivity contribution < 1.29 is 4.79 Å². The predicted molar refractivity (Wildman–Crippen MR) is 98.6 cm³/mol. The number of hydrogen-bond acceptors (Lipinski definition) is 2. The van der Waals surface area contributed by atoms with Gasteiger partial charge in [-0.15, -0.1) is 0 Å². The van der Waals surface area contributed by atoms with E-state index in [1.807, 2.05) is 67.7 Å². The summed E-state index contributed by atoms with van der Waals surface area (Å²) in [4.78, 5) is 12.4. The molecule has 0 unspecified atom stereocenters. The lowest BCUT2D eigenvalue weighted by Gasteiger charge is -2.16. The highest BCUT2D eigenvalue weighted by Crippen LogP contribution is 2.18. The summed E-state index contributed by atoms with van der Waals surface area (Å²) in [6, 6.07) is 17.4. The van der Waals surface area contributed by atoms with E-state index >= 15 is 0 Å². The third-order valence-electron chi connectivity index (χ3n) is 3.61. The van der Waals surface area contributed by atoms with E-state index in [0.29, 0.717) is 5.56 Å². The van der Waals surface area contributed by atoms with Crippen LogP contribution in [0.4, 0.5) is 0 Å². The maximum absolute atomic E-state index is 12.4. The van der Waals surface area contributed by atoms with Crippen molar-refractivity contribution in [2.45, 2.75) is 13.0 Å². The smallest absolute Gasteiger partial charge is 0.252 e. The molecule has 2 aromatic carbocycles. The van der Waals surface area contributed by atoms with E-state index in [2.05, 4.69) is 33.0 Å². The molecule has 0 saturated carbocycles.